The van der Waals surface area contributed by atoms with Crippen molar-refractivity contribution in [1.82, 2.24) is 0 Å². The van der Waals surface area contributed by atoms with E-state index in [2.05, 4.69) is 0 Å². The predicted octanol–water partition coefficient (Wildman–Crippen LogP) is -1.15. The van der Waals surface area contributed by atoms with Gasteiger partial charge in [-0.05, 0) is 12.2 Å². The van der Waals surface area contributed by atoms with Gasteiger partial charge in [0, 0.05) is 0 Å². The van der Waals surface area contributed by atoms with Crippen molar-refractivity contribution in [3.8, 4) is 0 Å². The molecular formula is C5H6O3. The smallest absolute Gasteiger partial charge is 0.186 e. The van der Waals surface area contributed by atoms with Crippen LogP contribution in [0.3, 0.4) is 0 Å². The van der Waals surface area contributed by atoms with Crippen LogP contribution in [0.4, 0.5) is 0 Å². The van der Waals surface area contributed by atoms with E-state index in [4.69, 9.17) is 10.2 Å². The maximum atomic E-state index is 10.3. The van der Waals surface area contributed by atoms with E-state index in [0.29, 0.717) is 0 Å². The molecule has 0 heterocycles. The Morgan fingerprint density at radius 2 is 2.12 bits per heavy atom. The van der Waals surface area contributed by atoms with E-state index in [9.17, 15) is 4.79 Å². The molecule has 0 saturated heterocycles. The van der Waals surface area contributed by atoms with Gasteiger partial charge in [0.05, 0.1) is 0 Å². The SMILES string of the molecule is O=C1C=C[C@@H](O)[C@@H]1O. The van der Waals surface area contributed by atoms with Gasteiger partial charge in [0.1, 0.15) is 12.2 Å². The van der Waals surface area contributed by atoms with E-state index < -0.39 is 18.0 Å². The lowest BCUT2D eigenvalue weighted by Gasteiger charge is -2.01. The Morgan fingerprint density at radius 1 is 1.50 bits per heavy atom. The first-order valence-corrected chi connectivity index (χ1v) is 2.30. The third-order valence-electron chi connectivity index (χ3n) is 1.07. The normalized spacial score (nSPS) is 36.5. The highest BCUT2D eigenvalue weighted by Gasteiger charge is 2.24. The highest BCUT2D eigenvalue weighted by atomic mass is 16.3. The maximum Gasteiger partial charge on any atom is 0.186 e. The third kappa shape index (κ3) is 0.657. The molecule has 0 radical (unpaired) electrons. The minimum atomic E-state index is -1.21. The predicted molar refractivity (Wildman–Crippen MR) is 26.2 cm³/mol. The number of carbonyl (C=O) groups is 1. The van der Waals surface area contributed by atoms with Crippen LogP contribution in [0.15, 0.2) is 12.2 Å². The van der Waals surface area contributed by atoms with Gasteiger partial charge >= 0.3 is 0 Å². The molecule has 0 amide bonds. The summed E-state index contributed by atoms with van der Waals surface area (Å²) in [6.45, 7) is 0. The maximum absolute atomic E-state index is 10.3. The lowest BCUT2D eigenvalue weighted by molar-refractivity contribution is -0.124. The van der Waals surface area contributed by atoms with Crippen molar-refractivity contribution in [3.63, 3.8) is 0 Å². The summed E-state index contributed by atoms with van der Waals surface area (Å²) in [5.41, 5.74) is 0. The van der Waals surface area contributed by atoms with Crippen LogP contribution < -0.4 is 0 Å². The molecule has 0 unspecified atom stereocenters. The second-order valence-electron chi connectivity index (χ2n) is 1.70. The highest BCUT2D eigenvalue weighted by Crippen LogP contribution is 2.05. The van der Waals surface area contributed by atoms with E-state index in [1.165, 1.54) is 12.2 Å². The molecule has 0 spiro atoms. The fraction of sp³-hybridized carbons (Fsp3) is 0.400. The number of ketones is 1. The Hall–Kier alpha value is -0.670. The molecule has 0 saturated carbocycles. The summed E-state index contributed by atoms with van der Waals surface area (Å²) >= 11 is 0. The van der Waals surface area contributed by atoms with Crippen LogP contribution >= 0.6 is 0 Å². The summed E-state index contributed by atoms with van der Waals surface area (Å²) in [4.78, 5) is 10.3. The average Bonchev–Trinajstić information content (AvgIpc) is 1.98. The van der Waals surface area contributed by atoms with Crippen LogP contribution in [0, 0.1) is 0 Å². The molecule has 0 fully saturated rings. The number of hydrogen-bond donors (Lipinski definition) is 2. The Bertz CT molecular complexity index is 139. The zero-order chi connectivity index (χ0) is 6.15. The van der Waals surface area contributed by atoms with E-state index in [0.717, 1.165) is 0 Å². The molecule has 2 atom stereocenters. The van der Waals surface area contributed by atoms with Crippen LogP contribution in [-0.4, -0.2) is 28.2 Å². The number of rotatable bonds is 0. The first-order chi connectivity index (χ1) is 3.72. The third-order valence-corrected chi connectivity index (χ3v) is 1.07. The van der Waals surface area contributed by atoms with E-state index in [-0.39, 0.29) is 0 Å². The zero-order valence-corrected chi connectivity index (χ0v) is 4.11. The Morgan fingerprint density at radius 3 is 2.25 bits per heavy atom. The second kappa shape index (κ2) is 1.69. The molecule has 0 aromatic heterocycles. The Labute approximate surface area is 46.3 Å². The summed E-state index contributed by atoms with van der Waals surface area (Å²) in [5, 5.41) is 17.2. The Kier molecular flexibility index (Phi) is 1.15. The lowest BCUT2D eigenvalue weighted by Crippen LogP contribution is -2.25. The van der Waals surface area contributed by atoms with Crippen molar-refractivity contribution in [1.29, 1.82) is 0 Å². The topological polar surface area (TPSA) is 57.5 Å². The van der Waals surface area contributed by atoms with Gasteiger partial charge in [-0.15, -0.1) is 0 Å². The molecule has 0 aromatic rings. The zero-order valence-electron chi connectivity index (χ0n) is 4.11. The highest BCUT2D eigenvalue weighted by molar-refractivity contribution is 5.96. The largest absolute Gasteiger partial charge is 0.386 e. The van der Waals surface area contributed by atoms with Gasteiger partial charge in [0.15, 0.2) is 5.78 Å². The molecule has 44 valence electrons. The molecule has 1 rings (SSSR count). The number of hydrogen-bond acceptors (Lipinski definition) is 3. The fourth-order valence-corrected chi connectivity index (χ4v) is 0.566. The summed E-state index contributed by atoms with van der Waals surface area (Å²) in [6.07, 6.45) is 0.250. The van der Waals surface area contributed by atoms with E-state index in [1.807, 2.05) is 0 Å². The first-order valence-electron chi connectivity index (χ1n) is 2.30. The van der Waals surface area contributed by atoms with Crippen molar-refractivity contribution in [2.45, 2.75) is 12.2 Å². The monoisotopic (exact) mass is 114 g/mol. The van der Waals surface area contributed by atoms with Crippen molar-refractivity contribution in [2.75, 3.05) is 0 Å². The average molecular weight is 114 g/mol. The van der Waals surface area contributed by atoms with Crippen molar-refractivity contribution < 1.29 is 15.0 Å². The molecule has 0 bridgehead atoms. The molecule has 0 aromatic carbocycles. The van der Waals surface area contributed by atoms with Gasteiger partial charge in [-0.25, -0.2) is 0 Å². The first kappa shape index (κ1) is 5.47. The summed E-state index contributed by atoms with van der Waals surface area (Å²) in [5.74, 6) is -0.419. The van der Waals surface area contributed by atoms with Crippen LogP contribution in [0.1, 0.15) is 0 Å². The van der Waals surface area contributed by atoms with Gasteiger partial charge in [-0.1, -0.05) is 0 Å². The van der Waals surface area contributed by atoms with E-state index >= 15 is 0 Å². The quantitative estimate of drug-likeness (QED) is 0.418. The molecule has 0 aliphatic heterocycles. The van der Waals surface area contributed by atoms with Gasteiger partial charge in [0.25, 0.3) is 0 Å². The number of carbonyl (C=O) groups excluding carboxylic acids is 1. The van der Waals surface area contributed by atoms with Crippen LogP contribution in [-0.2, 0) is 4.79 Å². The molecular weight excluding hydrogens is 108 g/mol. The van der Waals surface area contributed by atoms with Crippen LogP contribution in [0.25, 0.3) is 0 Å². The van der Waals surface area contributed by atoms with Gasteiger partial charge in [-0.2, -0.15) is 0 Å². The van der Waals surface area contributed by atoms with E-state index in [1.54, 1.807) is 0 Å². The van der Waals surface area contributed by atoms with Gasteiger partial charge in [-0.3, -0.25) is 4.79 Å². The number of aliphatic hydroxyl groups excluding tert-OH is 2. The molecule has 3 heteroatoms. The minimum absolute atomic E-state index is 0.419. The summed E-state index contributed by atoms with van der Waals surface area (Å²) < 4.78 is 0. The minimum Gasteiger partial charge on any atom is -0.386 e. The summed E-state index contributed by atoms with van der Waals surface area (Å²) in [7, 11) is 0. The van der Waals surface area contributed by atoms with Gasteiger partial charge in [0.2, 0.25) is 0 Å². The van der Waals surface area contributed by atoms with Crippen LogP contribution in [0.5, 0.6) is 0 Å². The second-order valence-corrected chi connectivity index (χ2v) is 1.70. The summed E-state index contributed by atoms with van der Waals surface area (Å²) in [6, 6.07) is 0. The van der Waals surface area contributed by atoms with Crippen molar-refractivity contribution in [3.05, 3.63) is 12.2 Å². The van der Waals surface area contributed by atoms with Crippen molar-refractivity contribution >= 4 is 5.78 Å². The molecule has 1 aliphatic carbocycles. The Balaban J connectivity index is 2.69. The van der Waals surface area contributed by atoms with Gasteiger partial charge < -0.3 is 10.2 Å². The lowest BCUT2D eigenvalue weighted by atomic mass is 10.2. The standard InChI is InChI=1S/C5H6O3/c6-3-1-2-4(7)5(3)8/h1-3,5-6,8H/t3-,5+/m1/s1. The number of aliphatic hydroxyl groups is 2. The van der Waals surface area contributed by atoms with Crippen molar-refractivity contribution in [2.24, 2.45) is 0 Å². The molecule has 1 aliphatic rings. The fourth-order valence-electron chi connectivity index (χ4n) is 0.566. The molecule has 8 heavy (non-hydrogen) atoms. The van der Waals surface area contributed by atoms with Crippen LogP contribution in [0.2, 0.25) is 0 Å². The molecule has 2 N–H and O–H groups in total. The molecule has 3 nitrogen and oxygen atoms in total.